The van der Waals surface area contributed by atoms with Crippen LogP contribution in [0, 0.1) is 5.92 Å². The van der Waals surface area contributed by atoms with Crippen LogP contribution < -0.4 is 5.32 Å². The van der Waals surface area contributed by atoms with Gasteiger partial charge < -0.3 is 10.3 Å². The van der Waals surface area contributed by atoms with Gasteiger partial charge in [0.2, 0.25) is 0 Å². The highest BCUT2D eigenvalue weighted by Crippen LogP contribution is 2.35. The first-order valence-corrected chi connectivity index (χ1v) is 10.4. The molecule has 6 nitrogen and oxygen atoms in total. The summed E-state index contributed by atoms with van der Waals surface area (Å²) in [5.41, 5.74) is 7.70. The number of rotatable bonds is 7. The average molecular weight is 409 g/mol. The standard InChI is InChI=1S/C25H24N6/c1-4-16(12-19(5-2)27-15(3)17-6-7-17)18-8-9-21-20(13-18)24(31-30-21)25-28-22-10-11-26-14-23(22)29-25/h4-5,8-14,17,27H,2-3,6-7H2,1H3,(H,28,29)(H,30,31)/b16-4+,19-12+. The van der Waals surface area contributed by atoms with Crippen molar-refractivity contribution < 1.29 is 0 Å². The Morgan fingerprint density at radius 3 is 2.84 bits per heavy atom. The number of aromatic amines is 2. The lowest BCUT2D eigenvalue weighted by Crippen LogP contribution is -2.11. The molecule has 0 saturated heterocycles. The van der Waals surface area contributed by atoms with Crippen molar-refractivity contribution in [1.29, 1.82) is 0 Å². The molecule has 0 aliphatic heterocycles. The lowest BCUT2D eigenvalue weighted by atomic mass is 10.0. The fourth-order valence-corrected chi connectivity index (χ4v) is 3.71. The van der Waals surface area contributed by atoms with Gasteiger partial charge in [0.25, 0.3) is 0 Å². The Kier molecular flexibility index (Phi) is 4.75. The Morgan fingerprint density at radius 2 is 2.10 bits per heavy atom. The van der Waals surface area contributed by atoms with Crippen molar-refractivity contribution in [2.24, 2.45) is 5.92 Å². The minimum absolute atomic E-state index is 0.584. The van der Waals surface area contributed by atoms with Crippen molar-refractivity contribution in [3.05, 3.63) is 85.0 Å². The number of H-pyrrole nitrogens is 2. The summed E-state index contributed by atoms with van der Waals surface area (Å²) in [5, 5.41) is 12.1. The van der Waals surface area contributed by atoms with E-state index in [0.29, 0.717) is 5.92 Å². The van der Waals surface area contributed by atoms with E-state index in [0.717, 1.165) is 56.0 Å². The molecule has 6 heteroatoms. The molecular formula is C25H24N6. The molecule has 0 unspecified atom stereocenters. The highest BCUT2D eigenvalue weighted by Gasteiger charge is 2.24. The lowest BCUT2D eigenvalue weighted by molar-refractivity contribution is 0.865. The zero-order valence-electron chi connectivity index (χ0n) is 17.4. The van der Waals surface area contributed by atoms with Gasteiger partial charge in [0.05, 0.1) is 22.7 Å². The predicted molar refractivity (Wildman–Crippen MR) is 126 cm³/mol. The Morgan fingerprint density at radius 1 is 1.23 bits per heavy atom. The normalized spacial score (nSPS) is 14.9. The molecule has 0 radical (unpaired) electrons. The third-order valence-electron chi connectivity index (χ3n) is 5.62. The lowest BCUT2D eigenvalue weighted by Gasteiger charge is -2.11. The van der Waals surface area contributed by atoms with Crippen molar-refractivity contribution in [2.45, 2.75) is 19.8 Å². The molecule has 0 spiro atoms. The van der Waals surface area contributed by atoms with E-state index < -0.39 is 0 Å². The van der Waals surface area contributed by atoms with Crippen LogP contribution in [0.15, 0.2) is 79.4 Å². The van der Waals surface area contributed by atoms with Gasteiger partial charge >= 0.3 is 0 Å². The number of hydrogen-bond donors (Lipinski definition) is 3. The van der Waals surface area contributed by atoms with Crippen LogP contribution in [0.5, 0.6) is 0 Å². The molecule has 0 atom stereocenters. The first-order chi connectivity index (χ1) is 15.2. The maximum absolute atomic E-state index is 4.68. The van der Waals surface area contributed by atoms with Gasteiger partial charge in [-0.2, -0.15) is 5.10 Å². The number of allylic oxidation sites excluding steroid dienone is 5. The van der Waals surface area contributed by atoms with Crippen LogP contribution in [0.25, 0.3) is 39.0 Å². The van der Waals surface area contributed by atoms with Gasteiger partial charge in [-0.25, -0.2) is 4.98 Å². The fraction of sp³-hybridized carbons (Fsp3) is 0.160. The van der Waals surface area contributed by atoms with Crippen molar-refractivity contribution in [1.82, 2.24) is 30.5 Å². The largest absolute Gasteiger partial charge is 0.359 e. The molecule has 154 valence electrons. The number of imidazole rings is 1. The molecule has 4 aromatic rings. The van der Waals surface area contributed by atoms with Gasteiger partial charge in [-0.3, -0.25) is 10.1 Å². The van der Waals surface area contributed by atoms with Crippen LogP contribution in [0.1, 0.15) is 25.3 Å². The van der Waals surface area contributed by atoms with Crippen LogP contribution in [-0.4, -0.2) is 25.1 Å². The summed E-state index contributed by atoms with van der Waals surface area (Å²) in [6.07, 6.45) is 12.0. The van der Waals surface area contributed by atoms with Gasteiger partial charge in [-0.15, -0.1) is 0 Å². The summed E-state index contributed by atoms with van der Waals surface area (Å²) < 4.78 is 0. The molecule has 1 fully saturated rings. The molecule has 3 heterocycles. The minimum Gasteiger partial charge on any atom is -0.359 e. The molecule has 0 bridgehead atoms. The summed E-state index contributed by atoms with van der Waals surface area (Å²) >= 11 is 0. The first-order valence-electron chi connectivity index (χ1n) is 10.4. The van der Waals surface area contributed by atoms with E-state index in [2.05, 4.69) is 67.9 Å². The first kappa shape index (κ1) is 19.1. The maximum atomic E-state index is 4.68. The van der Waals surface area contributed by atoms with Crippen LogP contribution in [0.4, 0.5) is 0 Å². The molecular weight excluding hydrogens is 384 g/mol. The molecule has 1 aliphatic carbocycles. The van der Waals surface area contributed by atoms with E-state index in [9.17, 15) is 0 Å². The number of nitrogens with one attached hydrogen (secondary N) is 3. The number of hydrogen-bond acceptors (Lipinski definition) is 4. The van der Waals surface area contributed by atoms with Crippen molar-refractivity contribution in [2.75, 3.05) is 0 Å². The van der Waals surface area contributed by atoms with Crippen LogP contribution in [0.3, 0.4) is 0 Å². The smallest absolute Gasteiger partial charge is 0.159 e. The van der Waals surface area contributed by atoms with E-state index in [1.54, 1.807) is 12.4 Å². The molecule has 3 N–H and O–H groups in total. The molecule has 0 amide bonds. The van der Waals surface area contributed by atoms with Gasteiger partial charge in [0, 0.05) is 23.0 Å². The molecule has 3 aromatic heterocycles. The monoisotopic (exact) mass is 408 g/mol. The van der Waals surface area contributed by atoms with Crippen LogP contribution in [0.2, 0.25) is 0 Å². The van der Waals surface area contributed by atoms with Crippen molar-refractivity contribution >= 4 is 27.5 Å². The van der Waals surface area contributed by atoms with Crippen molar-refractivity contribution in [3.8, 4) is 11.5 Å². The Balaban J connectivity index is 1.52. The third kappa shape index (κ3) is 3.68. The second-order valence-electron chi connectivity index (χ2n) is 7.78. The van der Waals surface area contributed by atoms with Gasteiger partial charge in [-0.1, -0.05) is 25.3 Å². The summed E-state index contributed by atoms with van der Waals surface area (Å²) in [4.78, 5) is 12.2. The van der Waals surface area contributed by atoms with Gasteiger partial charge in [-0.05, 0) is 67.2 Å². The highest BCUT2D eigenvalue weighted by atomic mass is 15.1. The molecule has 1 aromatic carbocycles. The Labute approximate surface area is 180 Å². The maximum Gasteiger partial charge on any atom is 0.159 e. The number of pyridine rings is 1. The SMILES string of the molecule is C=C/C(=C\C(=C/C)c1ccc2[nH]nc(-c3nc4ccncc4[nH]3)c2c1)NC(=C)C1CC1. The second-order valence-corrected chi connectivity index (χ2v) is 7.78. The number of aromatic nitrogens is 5. The summed E-state index contributed by atoms with van der Waals surface area (Å²) in [7, 11) is 0. The second kappa shape index (κ2) is 7.72. The summed E-state index contributed by atoms with van der Waals surface area (Å²) in [6, 6.07) is 8.17. The zero-order chi connectivity index (χ0) is 21.4. The van der Waals surface area contributed by atoms with E-state index in [1.807, 2.05) is 25.1 Å². The van der Waals surface area contributed by atoms with E-state index in [-0.39, 0.29) is 0 Å². The molecule has 31 heavy (non-hydrogen) atoms. The fourth-order valence-electron chi connectivity index (χ4n) is 3.71. The summed E-state index contributed by atoms with van der Waals surface area (Å²) in [5.74, 6) is 1.31. The topological polar surface area (TPSA) is 82.3 Å². The number of benzene rings is 1. The van der Waals surface area contributed by atoms with Crippen molar-refractivity contribution in [3.63, 3.8) is 0 Å². The number of nitrogens with zero attached hydrogens (tertiary/aromatic N) is 3. The quantitative estimate of drug-likeness (QED) is 0.353. The summed E-state index contributed by atoms with van der Waals surface area (Å²) in [6.45, 7) is 10.2. The highest BCUT2D eigenvalue weighted by molar-refractivity contribution is 5.95. The number of fused-ring (bicyclic) bond motifs is 2. The van der Waals surface area contributed by atoms with Gasteiger partial charge in [0.1, 0.15) is 5.69 Å². The van der Waals surface area contributed by atoms with E-state index >= 15 is 0 Å². The zero-order valence-corrected chi connectivity index (χ0v) is 17.4. The van der Waals surface area contributed by atoms with Crippen LogP contribution >= 0.6 is 0 Å². The Bertz CT molecular complexity index is 1330. The van der Waals surface area contributed by atoms with E-state index in [1.165, 1.54) is 12.8 Å². The molecule has 5 rings (SSSR count). The Hall–Kier alpha value is -3.93. The predicted octanol–water partition coefficient (Wildman–Crippen LogP) is 5.49. The van der Waals surface area contributed by atoms with Crippen LogP contribution in [-0.2, 0) is 0 Å². The molecule has 1 saturated carbocycles. The minimum atomic E-state index is 0.584. The van der Waals surface area contributed by atoms with Gasteiger partial charge in [0.15, 0.2) is 5.82 Å². The molecule has 1 aliphatic rings. The van der Waals surface area contributed by atoms with E-state index in [4.69, 9.17) is 0 Å². The third-order valence-corrected chi connectivity index (χ3v) is 5.62. The average Bonchev–Trinajstić information content (AvgIpc) is 3.43.